The van der Waals surface area contributed by atoms with Gasteiger partial charge in [0.15, 0.2) is 11.5 Å². The molecule has 0 radical (unpaired) electrons. The fourth-order valence-corrected chi connectivity index (χ4v) is 2.95. The maximum absolute atomic E-state index is 13.5. The third-order valence-corrected chi connectivity index (χ3v) is 4.20. The lowest BCUT2D eigenvalue weighted by molar-refractivity contribution is -0.133. The van der Waals surface area contributed by atoms with Gasteiger partial charge in [0, 0.05) is 16.7 Å². The molecule has 1 heterocycles. The second-order valence-electron chi connectivity index (χ2n) is 4.81. The third kappa shape index (κ3) is 4.16. The smallest absolute Gasteiger partial charge is 0.312 e. The summed E-state index contributed by atoms with van der Waals surface area (Å²) in [6.45, 7) is 0.989. The minimum Gasteiger partial charge on any atom is -0.486 e. The van der Waals surface area contributed by atoms with Crippen molar-refractivity contribution in [1.29, 1.82) is 0 Å². The van der Waals surface area contributed by atoms with Crippen molar-refractivity contribution in [3.05, 3.63) is 48.3 Å². The molecule has 0 aliphatic carbocycles. The number of carbonyl (C=O) groups is 1. The molecule has 2 aromatic carbocycles. The van der Waals surface area contributed by atoms with Gasteiger partial charge >= 0.3 is 5.97 Å². The number of hydrogen-bond donors (Lipinski definition) is 0. The molecule has 0 aromatic heterocycles. The number of hydrogen-bond acceptors (Lipinski definition) is 5. The highest BCUT2D eigenvalue weighted by Gasteiger charge is 2.14. The maximum Gasteiger partial charge on any atom is 0.312 e. The molecule has 0 saturated carbocycles. The van der Waals surface area contributed by atoms with Gasteiger partial charge in [-0.15, -0.1) is 11.8 Å². The predicted octanol–water partition coefficient (Wildman–Crippen LogP) is 3.68. The second kappa shape index (κ2) is 7.37. The number of halogens is 1. The van der Waals surface area contributed by atoms with E-state index in [4.69, 9.17) is 14.2 Å². The zero-order valence-corrected chi connectivity index (χ0v) is 13.1. The highest BCUT2D eigenvalue weighted by Crippen LogP contribution is 2.33. The Labute approximate surface area is 137 Å². The molecule has 0 N–H and O–H groups in total. The molecule has 4 nitrogen and oxygen atoms in total. The normalized spacial score (nSPS) is 12.7. The number of carbonyl (C=O) groups excluding carboxylic acids is 1. The van der Waals surface area contributed by atoms with E-state index in [1.165, 1.54) is 17.8 Å². The van der Waals surface area contributed by atoms with Gasteiger partial charge in [0.2, 0.25) is 0 Å². The Balaban J connectivity index is 1.50. The van der Waals surface area contributed by atoms with Crippen molar-refractivity contribution >= 4 is 17.7 Å². The summed E-state index contributed by atoms with van der Waals surface area (Å²) in [4.78, 5) is 12.4. The van der Waals surface area contributed by atoms with Crippen molar-refractivity contribution in [3.8, 4) is 17.2 Å². The van der Waals surface area contributed by atoms with Crippen molar-refractivity contribution in [1.82, 2.24) is 0 Å². The van der Waals surface area contributed by atoms with Crippen molar-refractivity contribution < 1.29 is 23.4 Å². The van der Waals surface area contributed by atoms with Crippen molar-refractivity contribution in [2.45, 2.75) is 11.3 Å². The summed E-state index contributed by atoms with van der Waals surface area (Å²) in [6, 6.07) is 11.5. The van der Waals surface area contributed by atoms with Crippen LogP contribution in [0.15, 0.2) is 47.4 Å². The molecule has 120 valence electrons. The summed E-state index contributed by atoms with van der Waals surface area (Å²) >= 11 is 1.29. The van der Waals surface area contributed by atoms with E-state index in [9.17, 15) is 9.18 Å². The Kier molecular flexibility index (Phi) is 5.02. The number of esters is 1. The molecule has 0 saturated heterocycles. The minimum atomic E-state index is -0.370. The van der Waals surface area contributed by atoms with Crippen LogP contribution in [0.3, 0.4) is 0 Å². The highest BCUT2D eigenvalue weighted by atomic mass is 32.2. The number of benzene rings is 2. The topological polar surface area (TPSA) is 44.8 Å². The SMILES string of the molecule is O=C(CCSc1ccccc1F)Oc1ccc2c(c1)OCCO2. The Morgan fingerprint density at radius 2 is 1.91 bits per heavy atom. The van der Waals surface area contributed by atoms with Gasteiger partial charge in [0.25, 0.3) is 0 Å². The fraction of sp³-hybridized carbons (Fsp3) is 0.235. The van der Waals surface area contributed by atoms with Crippen LogP contribution < -0.4 is 14.2 Å². The maximum atomic E-state index is 13.5. The Hall–Kier alpha value is -2.21. The van der Waals surface area contributed by atoms with Gasteiger partial charge in [0.05, 0.1) is 6.42 Å². The zero-order chi connectivity index (χ0) is 16.1. The molecule has 1 aliphatic heterocycles. The van der Waals surface area contributed by atoms with Crippen LogP contribution in [0, 0.1) is 5.82 Å². The predicted molar refractivity (Wildman–Crippen MR) is 84.8 cm³/mol. The van der Waals surface area contributed by atoms with Gasteiger partial charge in [-0.1, -0.05) is 12.1 Å². The van der Waals surface area contributed by atoms with Gasteiger partial charge in [-0.05, 0) is 24.3 Å². The average molecular weight is 334 g/mol. The lowest BCUT2D eigenvalue weighted by Gasteiger charge is -2.18. The summed E-state index contributed by atoms with van der Waals surface area (Å²) in [6.07, 6.45) is 0.188. The van der Waals surface area contributed by atoms with E-state index in [0.29, 0.717) is 41.1 Å². The molecule has 6 heteroatoms. The van der Waals surface area contributed by atoms with Crippen LogP contribution >= 0.6 is 11.8 Å². The lowest BCUT2D eigenvalue weighted by Crippen LogP contribution is -2.15. The van der Waals surface area contributed by atoms with Gasteiger partial charge in [0.1, 0.15) is 24.8 Å². The average Bonchev–Trinajstić information content (AvgIpc) is 2.56. The summed E-state index contributed by atoms with van der Waals surface area (Å²) in [5, 5.41) is 0. The number of ether oxygens (including phenoxy) is 3. The van der Waals surface area contributed by atoms with E-state index in [1.807, 2.05) is 0 Å². The van der Waals surface area contributed by atoms with Crippen LogP contribution in [0.1, 0.15) is 6.42 Å². The van der Waals surface area contributed by atoms with Gasteiger partial charge in [-0.25, -0.2) is 4.39 Å². The second-order valence-corrected chi connectivity index (χ2v) is 5.95. The van der Waals surface area contributed by atoms with Crippen molar-refractivity contribution in [2.75, 3.05) is 19.0 Å². The van der Waals surface area contributed by atoms with Crippen LogP contribution in [-0.4, -0.2) is 24.9 Å². The molecule has 0 spiro atoms. The monoisotopic (exact) mass is 334 g/mol. The van der Waals surface area contributed by atoms with Crippen LogP contribution in [0.25, 0.3) is 0 Å². The highest BCUT2D eigenvalue weighted by molar-refractivity contribution is 7.99. The quantitative estimate of drug-likeness (QED) is 0.474. The van der Waals surface area contributed by atoms with Gasteiger partial charge in [-0.2, -0.15) is 0 Å². The molecule has 2 aromatic rings. The lowest BCUT2D eigenvalue weighted by atomic mass is 10.3. The Morgan fingerprint density at radius 1 is 1.13 bits per heavy atom. The number of thioether (sulfide) groups is 1. The first-order valence-corrected chi connectivity index (χ1v) is 8.18. The molecular formula is C17H15FO4S. The third-order valence-electron chi connectivity index (χ3n) is 3.15. The molecule has 0 unspecified atom stereocenters. The summed E-state index contributed by atoms with van der Waals surface area (Å²) in [5.74, 6) is 1.43. The zero-order valence-electron chi connectivity index (χ0n) is 12.3. The molecule has 1 aliphatic rings. The number of fused-ring (bicyclic) bond motifs is 1. The standard InChI is InChI=1S/C17H15FO4S/c18-13-3-1-2-4-16(13)23-10-7-17(19)22-12-5-6-14-15(11-12)21-9-8-20-14/h1-6,11H,7-10H2. The van der Waals surface area contributed by atoms with Crippen LogP contribution in [-0.2, 0) is 4.79 Å². The van der Waals surface area contributed by atoms with E-state index in [1.54, 1.807) is 36.4 Å². The van der Waals surface area contributed by atoms with Gasteiger partial charge in [-0.3, -0.25) is 4.79 Å². The molecule has 0 amide bonds. The Bertz CT molecular complexity index is 705. The van der Waals surface area contributed by atoms with Crippen LogP contribution in [0.5, 0.6) is 17.2 Å². The minimum absolute atomic E-state index is 0.188. The van der Waals surface area contributed by atoms with Crippen LogP contribution in [0.4, 0.5) is 4.39 Å². The summed E-state index contributed by atoms with van der Waals surface area (Å²) in [7, 11) is 0. The van der Waals surface area contributed by atoms with E-state index < -0.39 is 0 Å². The molecule has 23 heavy (non-hydrogen) atoms. The first-order valence-electron chi connectivity index (χ1n) is 7.20. The fourth-order valence-electron chi connectivity index (χ4n) is 2.08. The first-order chi connectivity index (χ1) is 11.2. The molecule has 0 bridgehead atoms. The van der Waals surface area contributed by atoms with E-state index in [0.717, 1.165) is 0 Å². The van der Waals surface area contributed by atoms with Crippen molar-refractivity contribution in [2.24, 2.45) is 0 Å². The summed E-state index contributed by atoms with van der Waals surface area (Å²) < 4.78 is 29.6. The first kappa shape index (κ1) is 15.7. The van der Waals surface area contributed by atoms with E-state index in [2.05, 4.69) is 0 Å². The largest absolute Gasteiger partial charge is 0.486 e. The Morgan fingerprint density at radius 3 is 2.74 bits per heavy atom. The van der Waals surface area contributed by atoms with E-state index in [-0.39, 0.29) is 18.2 Å². The van der Waals surface area contributed by atoms with Crippen LogP contribution in [0.2, 0.25) is 0 Å². The van der Waals surface area contributed by atoms with Gasteiger partial charge < -0.3 is 14.2 Å². The van der Waals surface area contributed by atoms with Crippen molar-refractivity contribution in [3.63, 3.8) is 0 Å². The molecular weight excluding hydrogens is 319 g/mol. The van der Waals surface area contributed by atoms with E-state index >= 15 is 0 Å². The molecule has 0 fully saturated rings. The summed E-state index contributed by atoms with van der Waals surface area (Å²) in [5.41, 5.74) is 0. The number of rotatable bonds is 5. The molecule has 3 rings (SSSR count). The molecule has 0 atom stereocenters.